The monoisotopic (exact) mass is 452 g/mol. The van der Waals surface area contributed by atoms with Gasteiger partial charge < -0.3 is 5.32 Å². The Balaban J connectivity index is 1.32. The van der Waals surface area contributed by atoms with Crippen LogP contribution >= 0.6 is 0 Å². The first kappa shape index (κ1) is 21.8. The minimum Gasteiger partial charge on any atom is -0.352 e. The van der Waals surface area contributed by atoms with Crippen LogP contribution in [0.4, 0.5) is 0 Å². The summed E-state index contributed by atoms with van der Waals surface area (Å²) < 4.78 is 3.78. The number of nitrogens with one attached hydrogen (secondary N) is 1. The lowest BCUT2D eigenvalue weighted by Gasteiger charge is -2.07. The largest absolute Gasteiger partial charge is 0.352 e. The molecule has 3 heterocycles. The number of benzene rings is 2. The van der Waals surface area contributed by atoms with E-state index in [-0.39, 0.29) is 5.91 Å². The lowest BCUT2D eigenvalue weighted by atomic mass is 10.0. The SMILES string of the molecule is Cc1ccc(C)c(-c2cc3c4nnc(CCC(=O)NCc5ccc(C)c(C)c5)n4ccn3n2)c1. The molecule has 34 heavy (non-hydrogen) atoms. The average Bonchev–Trinajstić information content (AvgIpc) is 3.44. The van der Waals surface area contributed by atoms with Crippen molar-refractivity contribution in [3.63, 3.8) is 0 Å². The summed E-state index contributed by atoms with van der Waals surface area (Å²) in [7, 11) is 0. The summed E-state index contributed by atoms with van der Waals surface area (Å²) in [6.07, 6.45) is 4.67. The van der Waals surface area contributed by atoms with Gasteiger partial charge in [-0.05, 0) is 62.1 Å². The van der Waals surface area contributed by atoms with E-state index in [1.165, 1.54) is 22.3 Å². The van der Waals surface area contributed by atoms with Crippen molar-refractivity contribution in [3.8, 4) is 11.3 Å². The van der Waals surface area contributed by atoms with Gasteiger partial charge in [0.05, 0.1) is 5.69 Å². The molecule has 0 bridgehead atoms. The van der Waals surface area contributed by atoms with E-state index in [2.05, 4.69) is 79.6 Å². The Morgan fingerprint density at radius 3 is 2.56 bits per heavy atom. The lowest BCUT2D eigenvalue weighted by Crippen LogP contribution is -2.23. The number of aromatic nitrogens is 5. The van der Waals surface area contributed by atoms with Crippen LogP contribution < -0.4 is 5.32 Å². The lowest BCUT2D eigenvalue weighted by molar-refractivity contribution is -0.121. The number of hydrogen-bond donors (Lipinski definition) is 1. The zero-order chi connectivity index (χ0) is 23.8. The van der Waals surface area contributed by atoms with Gasteiger partial charge in [0.1, 0.15) is 11.3 Å². The fraction of sp³-hybridized carbons (Fsp3) is 0.259. The highest BCUT2D eigenvalue weighted by Gasteiger charge is 2.14. The van der Waals surface area contributed by atoms with Crippen LogP contribution in [0.1, 0.15) is 40.1 Å². The second-order valence-corrected chi connectivity index (χ2v) is 8.98. The third kappa shape index (κ3) is 4.17. The van der Waals surface area contributed by atoms with Gasteiger partial charge in [0.2, 0.25) is 5.91 Å². The van der Waals surface area contributed by atoms with Crippen LogP contribution in [0, 0.1) is 27.7 Å². The van der Waals surface area contributed by atoms with Crippen LogP contribution in [-0.2, 0) is 17.8 Å². The van der Waals surface area contributed by atoms with Gasteiger partial charge in [-0.1, -0.05) is 35.9 Å². The van der Waals surface area contributed by atoms with Crippen molar-refractivity contribution in [2.75, 3.05) is 0 Å². The molecule has 0 atom stereocenters. The number of fused-ring (bicyclic) bond motifs is 3. The first-order chi connectivity index (χ1) is 16.4. The number of nitrogens with zero attached hydrogens (tertiary/aromatic N) is 5. The van der Waals surface area contributed by atoms with Gasteiger partial charge in [-0.25, -0.2) is 4.52 Å². The molecule has 0 spiro atoms. The molecule has 172 valence electrons. The van der Waals surface area contributed by atoms with Gasteiger partial charge in [0.25, 0.3) is 0 Å². The first-order valence-corrected chi connectivity index (χ1v) is 11.5. The minimum atomic E-state index is -0.00221. The number of carbonyl (C=O) groups is 1. The topological polar surface area (TPSA) is 76.6 Å². The molecule has 1 amide bonds. The van der Waals surface area contributed by atoms with Gasteiger partial charge in [-0.2, -0.15) is 5.10 Å². The molecule has 0 aliphatic rings. The van der Waals surface area contributed by atoms with E-state index in [0.29, 0.717) is 19.4 Å². The van der Waals surface area contributed by atoms with E-state index in [1.54, 1.807) is 0 Å². The second kappa shape index (κ2) is 8.74. The molecule has 0 saturated carbocycles. The van der Waals surface area contributed by atoms with E-state index in [9.17, 15) is 4.79 Å². The quantitative estimate of drug-likeness (QED) is 0.411. The number of rotatable bonds is 6. The molecule has 0 saturated heterocycles. The Bertz CT molecular complexity index is 1530. The van der Waals surface area contributed by atoms with E-state index in [0.717, 1.165) is 33.8 Å². The molecule has 5 rings (SSSR count). The minimum absolute atomic E-state index is 0.00221. The molecule has 7 heteroatoms. The molecular formula is C27H28N6O. The fourth-order valence-corrected chi connectivity index (χ4v) is 4.20. The van der Waals surface area contributed by atoms with Gasteiger partial charge in [-0.3, -0.25) is 9.20 Å². The molecule has 2 aromatic carbocycles. The highest BCUT2D eigenvalue weighted by atomic mass is 16.1. The Hall–Kier alpha value is -4.00. The molecule has 0 fully saturated rings. The number of aryl methyl sites for hydroxylation is 5. The average molecular weight is 453 g/mol. The molecular weight excluding hydrogens is 424 g/mol. The maximum Gasteiger partial charge on any atom is 0.220 e. The van der Waals surface area contributed by atoms with Crippen molar-refractivity contribution in [1.29, 1.82) is 0 Å². The maximum atomic E-state index is 12.4. The smallest absolute Gasteiger partial charge is 0.220 e. The summed E-state index contributed by atoms with van der Waals surface area (Å²) >= 11 is 0. The third-order valence-corrected chi connectivity index (χ3v) is 6.39. The fourth-order valence-electron chi connectivity index (χ4n) is 4.20. The van der Waals surface area contributed by atoms with Crippen molar-refractivity contribution in [2.24, 2.45) is 0 Å². The molecule has 5 aromatic rings. The summed E-state index contributed by atoms with van der Waals surface area (Å²) in [4.78, 5) is 12.4. The van der Waals surface area contributed by atoms with Gasteiger partial charge in [0, 0.05) is 37.3 Å². The van der Waals surface area contributed by atoms with Crippen molar-refractivity contribution < 1.29 is 4.79 Å². The maximum absolute atomic E-state index is 12.4. The Kier molecular flexibility index (Phi) is 5.61. The molecule has 0 aliphatic heterocycles. The zero-order valence-electron chi connectivity index (χ0n) is 20.0. The van der Waals surface area contributed by atoms with Gasteiger partial charge in [-0.15, -0.1) is 10.2 Å². The number of amides is 1. The van der Waals surface area contributed by atoms with Crippen LogP contribution in [0.2, 0.25) is 0 Å². The Labute approximate surface area is 198 Å². The number of carbonyl (C=O) groups excluding carboxylic acids is 1. The van der Waals surface area contributed by atoms with Crippen LogP contribution in [0.25, 0.3) is 22.4 Å². The number of hydrogen-bond acceptors (Lipinski definition) is 4. The highest BCUT2D eigenvalue weighted by Crippen LogP contribution is 2.26. The van der Waals surface area contributed by atoms with E-state index in [1.807, 2.05) is 27.4 Å². The van der Waals surface area contributed by atoms with Crippen molar-refractivity contribution in [1.82, 2.24) is 29.5 Å². The van der Waals surface area contributed by atoms with Crippen molar-refractivity contribution in [3.05, 3.63) is 88.5 Å². The molecule has 0 unspecified atom stereocenters. The highest BCUT2D eigenvalue weighted by molar-refractivity contribution is 5.78. The molecule has 7 nitrogen and oxygen atoms in total. The molecule has 0 radical (unpaired) electrons. The van der Waals surface area contributed by atoms with Gasteiger partial charge >= 0.3 is 0 Å². The summed E-state index contributed by atoms with van der Waals surface area (Å²) in [6, 6.07) is 14.7. The predicted octanol–water partition coefficient (Wildman–Crippen LogP) is 4.53. The summed E-state index contributed by atoms with van der Waals surface area (Å²) in [5.41, 5.74) is 9.60. The third-order valence-electron chi connectivity index (χ3n) is 6.39. The van der Waals surface area contributed by atoms with Crippen LogP contribution in [0.3, 0.4) is 0 Å². The zero-order valence-corrected chi connectivity index (χ0v) is 20.0. The van der Waals surface area contributed by atoms with Crippen LogP contribution in [-0.4, -0.2) is 30.1 Å². The molecule has 3 aromatic heterocycles. The summed E-state index contributed by atoms with van der Waals surface area (Å²) in [5.74, 6) is 0.755. The first-order valence-electron chi connectivity index (χ1n) is 11.5. The van der Waals surface area contributed by atoms with Crippen LogP contribution in [0.15, 0.2) is 54.9 Å². The van der Waals surface area contributed by atoms with Gasteiger partial charge in [0.15, 0.2) is 5.65 Å². The van der Waals surface area contributed by atoms with Crippen molar-refractivity contribution >= 4 is 17.1 Å². The Morgan fingerprint density at radius 1 is 0.912 bits per heavy atom. The second-order valence-electron chi connectivity index (χ2n) is 8.98. The normalized spacial score (nSPS) is 11.4. The molecule has 0 aliphatic carbocycles. The van der Waals surface area contributed by atoms with Crippen molar-refractivity contribution in [2.45, 2.75) is 47.1 Å². The van der Waals surface area contributed by atoms with Crippen LogP contribution in [0.5, 0.6) is 0 Å². The van der Waals surface area contributed by atoms with E-state index < -0.39 is 0 Å². The van der Waals surface area contributed by atoms with E-state index >= 15 is 0 Å². The summed E-state index contributed by atoms with van der Waals surface area (Å²) in [6.45, 7) is 8.87. The predicted molar refractivity (Wildman–Crippen MR) is 133 cm³/mol. The van der Waals surface area contributed by atoms with E-state index in [4.69, 9.17) is 5.10 Å². The standard InChI is InChI=1S/C27H28N6O/c1-17-5-6-19(3)22(13-17)23-15-24-27-30-29-25(32(27)11-12-33(24)31-23)9-10-26(34)28-16-21-8-7-18(2)20(4)14-21/h5-8,11-15H,9-10,16H2,1-4H3,(H,28,34). The summed E-state index contributed by atoms with van der Waals surface area (Å²) in [5, 5.41) is 16.5. The Morgan fingerprint density at radius 2 is 1.74 bits per heavy atom. The molecule has 1 N–H and O–H groups in total.